The lowest BCUT2D eigenvalue weighted by molar-refractivity contribution is -0.142. The summed E-state index contributed by atoms with van der Waals surface area (Å²) in [5.41, 5.74) is 0. The molecule has 1 unspecified atom stereocenters. The minimum absolute atomic E-state index is 0. The molecule has 2 N–H and O–H groups in total. The van der Waals surface area contributed by atoms with Crippen molar-refractivity contribution in [3.8, 4) is 0 Å². The quantitative estimate of drug-likeness (QED) is 0.245. The molecule has 1 atom stereocenters. The van der Waals surface area contributed by atoms with Gasteiger partial charge in [-0.15, -0.1) is 24.0 Å². The van der Waals surface area contributed by atoms with Gasteiger partial charge < -0.3 is 25.2 Å². The van der Waals surface area contributed by atoms with E-state index in [9.17, 15) is 9.59 Å². The van der Waals surface area contributed by atoms with E-state index in [0.717, 1.165) is 38.4 Å². The van der Waals surface area contributed by atoms with Crippen LogP contribution in [0.15, 0.2) is 4.99 Å². The Kier molecular flexibility index (Phi) is 11.0. The predicted octanol–water partition coefficient (Wildman–Crippen LogP) is 0.665. The topological polar surface area (TPSA) is 86.3 Å². The van der Waals surface area contributed by atoms with Gasteiger partial charge in [-0.05, 0) is 19.8 Å². The van der Waals surface area contributed by atoms with Crippen molar-refractivity contribution in [3.05, 3.63) is 0 Å². The molecule has 0 aromatic carbocycles. The van der Waals surface area contributed by atoms with Crippen molar-refractivity contribution in [1.29, 1.82) is 0 Å². The molecule has 2 heterocycles. The Bertz CT molecular complexity index is 501. The average molecular weight is 495 g/mol. The van der Waals surface area contributed by atoms with E-state index in [4.69, 9.17) is 4.74 Å². The zero-order valence-corrected chi connectivity index (χ0v) is 19.0. The van der Waals surface area contributed by atoms with E-state index in [1.165, 1.54) is 0 Å². The van der Waals surface area contributed by atoms with Crippen molar-refractivity contribution in [2.75, 3.05) is 52.4 Å². The fraction of sp³-hybridized carbons (Fsp3) is 0.833. The number of guanidine groups is 1. The van der Waals surface area contributed by atoms with Crippen LogP contribution in [-0.4, -0.2) is 86.1 Å². The molecule has 0 saturated carbocycles. The summed E-state index contributed by atoms with van der Waals surface area (Å²) in [6.45, 7) is 11.2. The van der Waals surface area contributed by atoms with Gasteiger partial charge in [0.15, 0.2) is 5.96 Å². The first-order valence-electron chi connectivity index (χ1n) is 9.74. The molecular weight excluding hydrogens is 461 g/mol. The number of rotatable bonds is 6. The number of nitrogens with zero attached hydrogens (tertiary/aromatic N) is 3. The maximum absolute atomic E-state index is 12.4. The molecule has 0 aliphatic carbocycles. The Morgan fingerprint density at radius 2 is 1.81 bits per heavy atom. The summed E-state index contributed by atoms with van der Waals surface area (Å²) < 4.78 is 5.51. The van der Waals surface area contributed by atoms with Gasteiger partial charge in [-0.3, -0.25) is 14.6 Å². The molecule has 0 spiro atoms. The number of hydrogen-bond donors (Lipinski definition) is 2. The molecule has 0 aromatic rings. The summed E-state index contributed by atoms with van der Waals surface area (Å²) in [5.74, 6) is 1.00. The van der Waals surface area contributed by atoms with Crippen LogP contribution in [0.5, 0.6) is 0 Å². The first-order chi connectivity index (χ1) is 12.5. The van der Waals surface area contributed by atoms with Crippen LogP contribution in [0.1, 0.15) is 33.6 Å². The zero-order chi connectivity index (χ0) is 18.9. The molecule has 8 nitrogen and oxygen atoms in total. The smallest absolute Gasteiger partial charge is 0.251 e. The minimum Gasteiger partial charge on any atom is -0.368 e. The lowest BCUT2D eigenvalue weighted by Gasteiger charge is -2.37. The summed E-state index contributed by atoms with van der Waals surface area (Å²) in [6, 6.07) is 0. The normalized spacial score (nSPS) is 20.4. The van der Waals surface area contributed by atoms with Gasteiger partial charge >= 0.3 is 0 Å². The van der Waals surface area contributed by atoms with Gasteiger partial charge in [-0.25, -0.2) is 0 Å². The highest BCUT2D eigenvalue weighted by Gasteiger charge is 2.30. The zero-order valence-electron chi connectivity index (χ0n) is 16.7. The number of carbonyl (C=O) groups excluding carboxylic acids is 2. The third-order valence-electron chi connectivity index (χ3n) is 4.63. The molecule has 0 aromatic heterocycles. The third-order valence-corrected chi connectivity index (χ3v) is 4.63. The van der Waals surface area contributed by atoms with Crippen molar-refractivity contribution in [2.45, 2.75) is 39.7 Å². The van der Waals surface area contributed by atoms with Gasteiger partial charge in [0.1, 0.15) is 6.10 Å². The standard InChI is InChI=1S/C18H33N5O3.HI/c1-4-19-18(21-8-7-20-16(24)14(2)3)23-11-9-22(10-12-23)17(25)15-6-5-13-26-15;/h14-15H,4-13H2,1-3H3,(H,19,21)(H,20,24);1H. The van der Waals surface area contributed by atoms with Crippen molar-refractivity contribution < 1.29 is 14.3 Å². The van der Waals surface area contributed by atoms with Gasteiger partial charge in [0.2, 0.25) is 5.91 Å². The van der Waals surface area contributed by atoms with E-state index < -0.39 is 0 Å². The Labute approximate surface area is 179 Å². The van der Waals surface area contributed by atoms with Gasteiger partial charge in [-0.2, -0.15) is 0 Å². The van der Waals surface area contributed by atoms with Crippen LogP contribution in [-0.2, 0) is 14.3 Å². The number of hydrogen-bond acceptors (Lipinski definition) is 4. The fourth-order valence-corrected chi connectivity index (χ4v) is 3.09. The molecule has 2 fully saturated rings. The molecule has 2 saturated heterocycles. The second kappa shape index (κ2) is 12.4. The maximum atomic E-state index is 12.4. The number of amides is 2. The van der Waals surface area contributed by atoms with E-state index in [1.54, 1.807) is 0 Å². The van der Waals surface area contributed by atoms with Crippen molar-refractivity contribution in [3.63, 3.8) is 0 Å². The summed E-state index contributed by atoms with van der Waals surface area (Å²) in [5, 5.41) is 6.17. The Balaban J connectivity index is 0.00000364. The molecule has 2 rings (SSSR count). The summed E-state index contributed by atoms with van der Waals surface area (Å²) >= 11 is 0. The Morgan fingerprint density at radius 1 is 1.15 bits per heavy atom. The van der Waals surface area contributed by atoms with E-state index in [1.807, 2.05) is 25.7 Å². The largest absolute Gasteiger partial charge is 0.368 e. The highest BCUT2D eigenvalue weighted by atomic mass is 127. The molecule has 9 heteroatoms. The first-order valence-corrected chi connectivity index (χ1v) is 9.74. The molecule has 27 heavy (non-hydrogen) atoms. The van der Waals surface area contributed by atoms with E-state index >= 15 is 0 Å². The highest BCUT2D eigenvalue weighted by Crippen LogP contribution is 2.16. The van der Waals surface area contributed by atoms with E-state index in [2.05, 4.69) is 20.5 Å². The summed E-state index contributed by atoms with van der Waals surface area (Å²) in [4.78, 5) is 32.7. The molecule has 2 aliphatic heterocycles. The number of nitrogens with one attached hydrogen (secondary N) is 2. The van der Waals surface area contributed by atoms with Gasteiger partial charge in [0.05, 0.1) is 6.54 Å². The van der Waals surface area contributed by atoms with Crippen molar-refractivity contribution >= 4 is 41.8 Å². The van der Waals surface area contributed by atoms with Gasteiger partial charge in [0.25, 0.3) is 5.91 Å². The second-order valence-corrected chi connectivity index (χ2v) is 7.00. The Hall–Kier alpha value is -1.10. The highest BCUT2D eigenvalue weighted by molar-refractivity contribution is 14.0. The van der Waals surface area contributed by atoms with E-state index in [0.29, 0.717) is 32.8 Å². The van der Waals surface area contributed by atoms with Gasteiger partial charge in [0, 0.05) is 51.8 Å². The van der Waals surface area contributed by atoms with Crippen LogP contribution in [0.3, 0.4) is 0 Å². The maximum Gasteiger partial charge on any atom is 0.251 e. The third kappa shape index (κ3) is 7.44. The SMILES string of the molecule is CCNC(=NCCNC(=O)C(C)C)N1CCN(C(=O)C2CCCO2)CC1.I. The molecule has 0 bridgehead atoms. The second-order valence-electron chi connectivity index (χ2n) is 7.00. The minimum atomic E-state index is -0.243. The Morgan fingerprint density at radius 3 is 2.37 bits per heavy atom. The van der Waals surface area contributed by atoms with Crippen LogP contribution in [0, 0.1) is 5.92 Å². The van der Waals surface area contributed by atoms with Gasteiger partial charge in [-0.1, -0.05) is 13.8 Å². The number of carbonyl (C=O) groups is 2. The molecular formula is C18H34IN5O3. The number of halogens is 1. The molecule has 0 radical (unpaired) electrons. The molecule has 156 valence electrons. The van der Waals surface area contributed by atoms with Crippen molar-refractivity contribution in [2.24, 2.45) is 10.9 Å². The number of aliphatic imine (C=N–C) groups is 1. The van der Waals surface area contributed by atoms with Crippen LogP contribution < -0.4 is 10.6 Å². The number of ether oxygens (including phenoxy) is 1. The van der Waals surface area contributed by atoms with Crippen LogP contribution in [0.4, 0.5) is 0 Å². The predicted molar refractivity (Wildman–Crippen MR) is 116 cm³/mol. The van der Waals surface area contributed by atoms with Crippen LogP contribution in [0.25, 0.3) is 0 Å². The monoisotopic (exact) mass is 495 g/mol. The molecule has 2 amide bonds. The lowest BCUT2D eigenvalue weighted by atomic mass is 10.2. The van der Waals surface area contributed by atoms with Crippen LogP contribution >= 0.6 is 24.0 Å². The van der Waals surface area contributed by atoms with Crippen molar-refractivity contribution in [1.82, 2.24) is 20.4 Å². The average Bonchev–Trinajstić information content (AvgIpc) is 3.18. The molecule has 2 aliphatic rings. The summed E-state index contributed by atoms with van der Waals surface area (Å²) in [7, 11) is 0. The lowest BCUT2D eigenvalue weighted by Crippen LogP contribution is -2.55. The first kappa shape index (κ1) is 23.9. The van der Waals surface area contributed by atoms with Crippen LogP contribution in [0.2, 0.25) is 0 Å². The van der Waals surface area contributed by atoms with E-state index in [-0.39, 0.29) is 47.8 Å². The fourth-order valence-electron chi connectivity index (χ4n) is 3.09. The number of piperazine rings is 1. The summed E-state index contributed by atoms with van der Waals surface area (Å²) in [6.07, 6.45) is 1.57.